The summed E-state index contributed by atoms with van der Waals surface area (Å²) in [6.07, 6.45) is 4.84. The summed E-state index contributed by atoms with van der Waals surface area (Å²) in [5.74, 6) is 0.505. The molecule has 1 unspecified atom stereocenters. The molecule has 0 aromatic heterocycles. The second-order valence-electron chi connectivity index (χ2n) is 9.94. The Balaban J connectivity index is 2.74. The summed E-state index contributed by atoms with van der Waals surface area (Å²) >= 11 is 1.76. The van der Waals surface area contributed by atoms with E-state index in [0.29, 0.717) is 24.2 Å². The van der Waals surface area contributed by atoms with E-state index in [4.69, 9.17) is 4.74 Å². The fraction of sp³-hybridized carbons (Fsp3) is 0.615. The highest BCUT2D eigenvalue weighted by Crippen LogP contribution is 2.45. The Hall–Kier alpha value is -1.55. The van der Waals surface area contributed by atoms with Crippen LogP contribution in [0.4, 0.5) is 0 Å². The highest BCUT2D eigenvalue weighted by Gasteiger charge is 2.40. The van der Waals surface area contributed by atoms with Crippen molar-refractivity contribution < 1.29 is 14.3 Å². The van der Waals surface area contributed by atoms with Crippen molar-refractivity contribution in [1.82, 2.24) is 0 Å². The summed E-state index contributed by atoms with van der Waals surface area (Å²) in [6, 6.07) is 4.33. The van der Waals surface area contributed by atoms with Gasteiger partial charge in [0.2, 0.25) is 0 Å². The number of aryl methyl sites for hydroxylation is 3. The summed E-state index contributed by atoms with van der Waals surface area (Å²) in [5, 5.41) is 0. The van der Waals surface area contributed by atoms with Gasteiger partial charge < -0.3 is 4.74 Å². The lowest BCUT2D eigenvalue weighted by Crippen LogP contribution is -2.35. The van der Waals surface area contributed by atoms with Gasteiger partial charge in [0, 0.05) is 17.6 Å². The third kappa shape index (κ3) is 5.19. The molecule has 1 aromatic rings. The van der Waals surface area contributed by atoms with Gasteiger partial charge in [0.05, 0.1) is 11.0 Å². The summed E-state index contributed by atoms with van der Waals surface area (Å²) in [7, 11) is 0. The van der Waals surface area contributed by atoms with Gasteiger partial charge in [-0.3, -0.25) is 9.59 Å². The lowest BCUT2D eigenvalue weighted by Gasteiger charge is -2.37. The molecule has 0 N–H and O–H groups in total. The number of allylic oxidation sites excluding steroid dienone is 2. The average Bonchev–Trinajstić information content (AvgIpc) is 2.66. The first-order valence-corrected chi connectivity index (χ1v) is 12.2. The molecule has 0 saturated heterocycles. The highest BCUT2D eigenvalue weighted by atomic mass is 32.2. The van der Waals surface area contributed by atoms with E-state index in [9.17, 15) is 9.59 Å². The molecule has 1 aliphatic carbocycles. The van der Waals surface area contributed by atoms with E-state index >= 15 is 0 Å². The van der Waals surface area contributed by atoms with E-state index in [1.807, 2.05) is 20.8 Å². The largest absolute Gasteiger partial charge is 0.430 e. The van der Waals surface area contributed by atoms with Crippen LogP contribution in [0.25, 0.3) is 5.57 Å². The van der Waals surface area contributed by atoms with Gasteiger partial charge in [-0.15, -0.1) is 0 Å². The maximum atomic E-state index is 13.6. The van der Waals surface area contributed by atoms with Gasteiger partial charge in [0.1, 0.15) is 5.76 Å². The number of esters is 1. The summed E-state index contributed by atoms with van der Waals surface area (Å²) in [6.45, 7) is 16.2. The number of hydrogen-bond donors (Lipinski definition) is 0. The van der Waals surface area contributed by atoms with Crippen LogP contribution < -0.4 is 0 Å². The van der Waals surface area contributed by atoms with Gasteiger partial charge >= 0.3 is 5.97 Å². The molecule has 0 saturated carbocycles. The fourth-order valence-corrected chi connectivity index (χ4v) is 4.49. The smallest absolute Gasteiger partial charge is 0.316 e. The van der Waals surface area contributed by atoms with Crippen molar-refractivity contribution in [3.8, 4) is 0 Å². The minimum atomic E-state index is -0.627. The highest BCUT2D eigenvalue weighted by molar-refractivity contribution is 7.99. The number of carbonyl (C=O) groups is 2. The monoisotopic (exact) mass is 430 g/mol. The SMILES string of the molecule is CCc1cc(C)cc(CC)c1C1=C(OC(=O)C(C)(C)C)CC(C(C)(C)SC)CC1=O. The molecule has 0 spiro atoms. The van der Waals surface area contributed by atoms with Crippen LogP contribution in [0, 0.1) is 18.3 Å². The van der Waals surface area contributed by atoms with Crippen LogP contribution in [0.1, 0.15) is 83.6 Å². The minimum Gasteiger partial charge on any atom is -0.430 e. The molecule has 0 radical (unpaired) electrons. The molecule has 0 amide bonds. The van der Waals surface area contributed by atoms with Gasteiger partial charge in [0.15, 0.2) is 5.78 Å². The summed E-state index contributed by atoms with van der Waals surface area (Å²) < 4.78 is 5.93. The quantitative estimate of drug-likeness (QED) is 0.481. The molecule has 3 nitrogen and oxygen atoms in total. The van der Waals surface area contributed by atoms with E-state index in [2.05, 4.69) is 53.0 Å². The lowest BCUT2D eigenvalue weighted by molar-refractivity contribution is -0.149. The van der Waals surface area contributed by atoms with Gasteiger partial charge in [-0.1, -0.05) is 45.4 Å². The van der Waals surface area contributed by atoms with Crippen LogP contribution in [0.15, 0.2) is 17.9 Å². The van der Waals surface area contributed by atoms with E-state index in [0.717, 1.165) is 29.5 Å². The summed E-state index contributed by atoms with van der Waals surface area (Å²) in [4.78, 5) is 26.4. The van der Waals surface area contributed by atoms with Gasteiger partial charge in [-0.2, -0.15) is 11.8 Å². The zero-order valence-corrected chi connectivity index (χ0v) is 21.0. The van der Waals surface area contributed by atoms with Crippen LogP contribution in [0.5, 0.6) is 0 Å². The molecule has 1 aliphatic rings. The third-order valence-electron chi connectivity index (χ3n) is 6.22. The van der Waals surface area contributed by atoms with Crippen molar-refractivity contribution in [3.63, 3.8) is 0 Å². The molecule has 4 heteroatoms. The van der Waals surface area contributed by atoms with Gasteiger partial charge in [0.25, 0.3) is 0 Å². The fourth-order valence-electron chi connectivity index (χ4n) is 3.99. The Bertz CT molecular complexity index is 831. The van der Waals surface area contributed by atoms with E-state index in [1.54, 1.807) is 11.8 Å². The molecule has 0 aliphatic heterocycles. The molecular weight excluding hydrogens is 392 g/mol. The first-order chi connectivity index (χ1) is 13.8. The topological polar surface area (TPSA) is 43.4 Å². The van der Waals surface area contributed by atoms with E-state index < -0.39 is 5.41 Å². The molecular formula is C26H38O3S. The normalized spacial score (nSPS) is 18.0. The molecule has 1 atom stereocenters. The Morgan fingerprint density at radius 3 is 2.03 bits per heavy atom. The van der Waals surface area contributed by atoms with E-state index in [1.165, 1.54) is 5.56 Å². The van der Waals surface area contributed by atoms with Crippen molar-refractivity contribution in [2.45, 2.75) is 85.8 Å². The van der Waals surface area contributed by atoms with Gasteiger partial charge in [-0.05, 0) is 69.4 Å². The van der Waals surface area contributed by atoms with Crippen molar-refractivity contribution in [1.29, 1.82) is 0 Å². The number of rotatable bonds is 6. The number of hydrogen-bond acceptors (Lipinski definition) is 4. The molecule has 0 fully saturated rings. The minimum absolute atomic E-state index is 0.0744. The molecule has 0 bridgehead atoms. The average molecular weight is 431 g/mol. The third-order valence-corrected chi connectivity index (χ3v) is 7.60. The Morgan fingerprint density at radius 2 is 1.60 bits per heavy atom. The first kappa shape index (κ1) is 24.7. The standard InChI is InChI=1S/C26H38O3S/c1-10-17-12-16(3)13-18(11-2)22(17)23-20(27)14-19(26(7,8)30-9)15-21(23)29-24(28)25(4,5)6/h12-13,19H,10-11,14-15H2,1-9H3. The predicted molar refractivity (Wildman–Crippen MR) is 128 cm³/mol. The molecule has 1 aromatic carbocycles. The van der Waals surface area contributed by atoms with E-state index in [-0.39, 0.29) is 22.4 Å². The van der Waals surface area contributed by atoms with Crippen LogP contribution in [0.3, 0.4) is 0 Å². The molecule has 0 heterocycles. The summed E-state index contributed by atoms with van der Waals surface area (Å²) in [5.41, 5.74) is 4.51. The molecule has 30 heavy (non-hydrogen) atoms. The van der Waals surface area contributed by atoms with Gasteiger partial charge in [-0.25, -0.2) is 0 Å². The maximum absolute atomic E-state index is 13.6. The Kier molecular flexibility index (Phi) is 7.66. The molecule has 2 rings (SSSR count). The van der Waals surface area contributed by atoms with Crippen LogP contribution in [-0.4, -0.2) is 22.8 Å². The Morgan fingerprint density at radius 1 is 1.07 bits per heavy atom. The van der Waals surface area contributed by atoms with Crippen LogP contribution in [-0.2, 0) is 27.2 Å². The molecule has 166 valence electrons. The number of benzene rings is 1. The number of ether oxygens (including phenoxy) is 1. The first-order valence-electron chi connectivity index (χ1n) is 11.0. The Labute approximate surface area is 187 Å². The lowest BCUT2D eigenvalue weighted by atomic mass is 9.76. The van der Waals surface area contributed by atoms with Crippen molar-refractivity contribution in [2.24, 2.45) is 11.3 Å². The van der Waals surface area contributed by atoms with Crippen molar-refractivity contribution in [2.75, 3.05) is 6.26 Å². The maximum Gasteiger partial charge on any atom is 0.316 e. The predicted octanol–water partition coefficient (Wildman–Crippen LogP) is 6.54. The number of thioether (sulfide) groups is 1. The van der Waals surface area contributed by atoms with Crippen LogP contribution in [0.2, 0.25) is 0 Å². The second-order valence-corrected chi connectivity index (χ2v) is 11.4. The number of carbonyl (C=O) groups excluding carboxylic acids is 2. The van der Waals surface area contributed by atoms with Crippen molar-refractivity contribution >= 4 is 29.1 Å². The number of ketones is 1. The van der Waals surface area contributed by atoms with Crippen molar-refractivity contribution in [3.05, 3.63) is 40.1 Å². The number of Topliss-reactive ketones (excluding diaryl/α,β-unsaturated/α-hetero) is 1. The van der Waals surface area contributed by atoms with Crippen LogP contribution >= 0.6 is 11.8 Å². The zero-order chi connectivity index (χ0) is 22.9. The second kappa shape index (κ2) is 9.30. The zero-order valence-electron chi connectivity index (χ0n) is 20.2.